The molecule has 2 heterocycles. The third-order valence-electron chi connectivity index (χ3n) is 4.34. The molecular weight excluding hydrogens is 229 g/mol. The van der Waals surface area contributed by atoms with Crippen LogP contribution in [-0.2, 0) is 16.4 Å². The summed E-state index contributed by atoms with van der Waals surface area (Å²) in [6.45, 7) is 8.25. The molecule has 5 nitrogen and oxygen atoms in total. The lowest BCUT2D eigenvalue weighted by molar-refractivity contribution is 0.00578. The van der Waals surface area contributed by atoms with Crippen LogP contribution in [0.15, 0.2) is 0 Å². The lowest BCUT2D eigenvalue weighted by Gasteiger charge is -2.32. The minimum absolute atomic E-state index is 0.317. The molecule has 0 radical (unpaired) electrons. The lowest BCUT2D eigenvalue weighted by Crippen LogP contribution is -2.41. The van der Waals surface area contributed by atoms with Crippen LogP contribution in [0.4, 0.5) is 0 Å². The van der Waals surface area contributed by atoms with Crippen molar-refractivity contribution < 1.29 is 9.31 Å². The van der Waals surface area contributed by atoms with Gasteiger partial charge in [-0.05, 0) is 40.5 Å². The average molecular weight is 249 g/mol. The minimum atomic E-state index is -0.356. The van der Waals surface area contributed by atoms with Gasteiger partial charge in [0.2, 0.25) is 0 Å². The van der Waals surface area contributed by atoms with Crippen molar-refractivity contribution in [2.75, 3.05) is 0 Å². The van der Waals surface area contributed by atoms with Crippen LogP contribution in [0, 0.1) is 0 Å². The molecule has 0 spiro atoms. The highest BCUT2D eigenvalue weighted by Crippen LogP contribution is 2.40. The fraction of sp³-hybridized carbons (Fsp3) is 0.833. The van der Waals surface area contributed by atoms with Gasteiger partial charge >= 0.3 is 7.12 Å². The van der Waals surface area contributed by atoms with Crippen molar-refractivity contribution in [3.05, 3.63) is 5.69 Å². The van der Waals surface area contributed by atoms with Crippen LogP contribution >= 0.6 is 0 Å². The largest absolute Gasteiger partial charge is 0.516 e. The zero-order chi connectivity index (χ0) is 13.1. The molecular formula is C12H20BN3O2. The van der Waals surface area contributed by atoms with E-state index in [2.05, 4.69) is 38.0 Å². The van der Waals surface area contributed by atoms with Crippen molar-refractivity contribution >= 4 is 12.7 Å². The highest BCUT2D eigenvalue weighted by atomic mass is 16.7. The summed E-state index contributed by atoms with van der Waals surface area (Å²) < 4.78 is 14.0. The topological polar surface area (TPSA) is 49.2 Å². The zero-order valence-corrected chi connectivity index (χ0v) is 11.7. The molecule has 2 fully saturated rings. The van der Waals surface area contributed by atoms with E-state index in [1.165, 1.54) is 12.8 Å². The molecule has 1 aromatic rings. The van der Waals surface area contributed by atoms with Gasteiger partial charge in [0, 0.05) is 13.0 Å². The molecule has 98 valence electrons. The average Bonchev–Trinajstić information content (AvgIpc) is 2.96. The summed E-state index contributed by atoms with van der Waals surface area (Å²) >= 11 is 0. The van der Waals surface area contributed by atoms with Gasteiger partial charge in [0.05, 0.1) is 22.5 Å². The van der Waals surface area contributed by atoms with Crippen molar-refractivity contribution in [3.8, 4) is 0 Å². The maximum Gasteiger partial charge on any atom is 0.516 e. The number of hydrogen-bond donors (Lipinski definition) is 0. The van der Waals surface area contributed by atoms with E-state index in [0.717, 1.165) is 11.3 Å². The van der Waals surface area contributed by atoms with Crippen molar-refractivity contribution in [1.82, 2.24) is 15.0 Å². The van der Waals surface area contributed by atoms with Crippen LogP contribution in [0.3, 0.4) is 0 Å². The molecule has 1 saturated heterocycles. The van der Waals surface area contributed by atoms with E-state index in [4.69, 9.17) is 9.31 Å². The molecule has 0 aromatic carbocycles. The highest BCUT2D eigenvalue weighted by Gasteiger charge is 2.54. The summed E-state index contributed by atoms with van der Waals surface area (Å²) in [6.07, 6.45) is 2.40. The summed E-state index contributed by atoms with van der Waals surface area (Å²) in [7, 11) is 1.55. The number of rotatable bonds is 2. The molecule has 0 N–H and O–H groups in total. The predicted octanol–water partition coefficient (Wildman–Crippen LogP) is 0.992. The fourth-order valence-corrected chi connectivity index (χ4v) is 2.26. The van der Waals surface area contributed by atoms with Crippen molar-refractivity contribution in [2.24, 2.45) is 7.05 Å². The van der Waals surface area contributed by atoms with Gasteiger partial charge in [0.15, 0.2) is 0 Å². The SMILES string of the molecule is Cn1nnc(C2CC2)c1B1OC(C)(C)C(C)(C)O1. The van der Waals surface area contributed by atoms with E-state index in [9.17, 15) is 0 Å². The first-order valence-corrected chi connectivity index (χ1v) is 6.57. The van der Waals surface area contributed by atoms with Gasteiger partial charge in [-0.3, -0.25) is 4.68 Å². The Morgan fingerprint density at radius 1 is 1.17 bits per heavy atom. The molecule has 0 amide bonds. The van der Waals surface area contributed by atoms with Crippen molar-refractivity contribution in [2.45, 2.75) is 57.7 Å². The molecule has 3 rings (SSSR count). The molecule has 1 aromatic heterocycles. The summed E-state index contributed by atoms with van der Waals surface area (Å²) in [6, 6.07) is 0. The van der Waals surface area contributed by atoms with Gasteiger partial charge in [-0.15, -0.1) is 5.10 Å². The van der Waals surface area contributed by atoms with Crippen LogP contribution in [-0.4, -0.2) is 33.3 Å². The lowest BCUT2D eigenvalue weighted by atomic mass is 9.82. The molecule has 2 aliphatic rings. The standard InChI is InChI=1S/C12H20BN3O2/c1-11(2)12(3,4)18-13(17-11)10-9(8-6-7-8)14-15-16(10)5/h8H,6-7H2,1-5H3. The summed E-state index contributed by atoms with van der Waals surface area (Å²) in [5, 5.41) is 8.40. The van der Waals surface area contributed by atoms with Crippen LogP contribution in [0.5, 0.6) is 0 Å². The molecule has 1 saturated carbocycles. The first-order chi connectivity index (χ1) is 8.32. The maximum atomic E-state index is 6.08. The van der Waals surface area contributed by atoms with E-state index >= 15 is 0 Å². The Balaban J connectivity index is 1.95. The molecule has 1 aliphatic heterocycles. The summed E-state index contributed by atoms with van der Waals surface area (Å²) in [5.74, 6) is 0.549. The van der Waals surface area contributed by atoms with Gasteiger partial charge in [-0.1, -0.05) is 5.21 Å². The second kappa shape index (κ2) is 3.57. The second-order valence-corrected chi connectivity index (χ2v) is 6.35. The number of nitrogens with zero attached hydrogens (tertiary/aromatic N) is 3. The van der Waals surface area contributed by atoms with Crippen LogP contribution in [0.1, 0.15) is 52.1 Å². The third-order valence-corrected chi connectivity index (χ3v) is 4.34. The Kier molecular flexibility index (Phi) is 2.42. The second-order valence-electron chi connectivity index (χ2n) is 6.35. The van der Waals surface area contributed by atoms with E-state index in [0.29, 0.717) is 5.92 Å². The van der Waals surface area contributed by atoms with Gasteiger partial charge in [-0.2, -0.15) is 0 Å². The minimum Gasteiger partial charge on any atom is -0.398 e. The fourth-order valence-electron chi connectivity index (χ4n) is 2.26. The van der Waals surface area contributed by atoms with Crippen molar-refractivity contribution in [3.63, 3.8) is 0 Å². The number of aromatic nitrogens is 3. The molecule has 1 aliphatic carbocycles. The van der Waals surface area contributed by atoms with Crippen LogP contribution in [0.2, 0.25) is 0 Å². The third kappa shape index (κ3) is 1.70. The Hall–Kier alpha value is -0.875. The zero-order valence-electron chi connectivity index (χ0n) is 11.7. The Labute approximate surface area is 108 Å². The van der Waals surface area contributed by atoms with Gasteiger partial charge in [0.1, 0.15) is 0 Å². The van der Waals surface area contributed by atoms with E-state index < -0.39 is 0 Å². The monoisotopic (exact) mass is 249 g/mol. The highest BCUT2D eigenvalue weighted by molar-refractivity contribution is 6.61. The maximum absolute atomic E-state index is 6.08. The summed E-state index contributed by atoms with van der Waals surface area (Å²) in [5.41, 5.74) is 1.40. The van der Waals surface area contributed by atoms with Gasteiger partial charge in [-0.25, -0.2) is 0 Å². The van der Waals surface area contributed by atoms with Crippen LogP contribution < -0.4 is 5.59 Å². The Morgan fingerprint density at radius 2 is 1.72 bits per heavy atom. The Bertz CT molecular complexity index is 464. The van der Waals surface area contributed by atoms with Crippen molar-refractivity contribution in [1.29, 1.82) is 0 Å². The quantitative estimate of drug-likeness (QED) is 0.733. The first kappa shape index (κ1) is 12.2. The van der Waals surface area contributed by atoms with E-state index in [-0.39, 0.29) is 18.3 Å². The van der Waals surface area contributed by atoms with E-state index in [1.807, 2.05) is 7.05 Å². The normalized spacial score (nSPS) is 25.7. The van der Waals surface area contributed by atoms with E-state index in [1.54, 1.807) is 4.68 Å². The van der Waals surface area contributed by atoms with Crippen LogP contribution in [0.25, 0.3) is 0 Å². The molecule has 0 bridgehead atoms. The Morgan fingerprint density at radius 3 is 2.22 bits per heavy atom. The predicted molar refractivity (Wildman–Crippen MR) is 68.7 cm³/mol. The number of aryl methyl sites for hydroxylation is 1. The molecule has 18 heavy (non-hydrogen) atoms. The van der Waals surface area contributed by atoms with Gasteiger partial charge < -0.3 is 9.31 Å². The number of hydrogen-bond acceptors (Lipinski definition) is 4. The first-order valence-electron chi connectivity index (χ1n) is 6.57. The van der Waals surface area contributed by atoms with Gasteiger partial charge in [0.25, 0.3) is 0 Å². The smallest absolute Gasteiger partial charge is 0.398 e. The molecule has 0 atom stereocenters. The molecule has 0 unspecified atom stereocenters. The molecule has 6 heteroatoms. The summed E-state index contributed by atoms with van der Waals surface area (Å²) in [4.78, 5) is 0.